The molecule has 1 N–H and O–H groups in total. The van der Waals surface area contributed by atoms with Gasteiger partial charge in [-0.15, -0.1) is 0 Å². The molecule has 2 aromatic carbocycles. The summed E-state index contributed by atoms with van der Waals surface area (Å²) < 4.78 is 58.2. The number of alkyl carbamates (subject to hydrolysis) is 1. The predicted octanol–water partition coefficient (Wildman–Crippen LogP) is 3.70. The molecule has 2 aliphatic rings. The molecule has 0 saturated carbocycles. The van der Waals surface area contributed by atoms with Gasteiger partial charge in [0.25, 0.3) is 5.91 Å². The maximum atomic E-state index is 14.8. The van der Waals surface area contributed by atoms with E-state index in [0.717, 1.165) is 23.4 Å². The van der Waals surface area contributed by atoms with Crippen LogP contribution in [0.2, 0.25) is 0 Å². The lowest BCUT2D eigenvalue weighted by Crippen LogP contribution is -2.45. The van der Waals surface area contributed by atoms with Crippen molar-refractivity contribution in [3.8, 4) is 0 Å². The number of fused-ring (bicyclic) bond motifs is 1. The van der Waals surface area contributed by atoms with Gasteiger partial charge in [0.2, 0.25) is 0 Å². The fourth-order valence-electron chi connectivity index (χ4n) is 4.19. The number of carbonyl (C=O) groups excluding carboxylic acids is 2. The summed E-state index contributed by atoms with van der Waals surface area (Å²) in [5, 5.41) is 2.18. The number of amidine groups is 1. The minimum absolute atomic E-state index is 0.0789. The number of rotatable bonds is 5. The quantitative estimate of drug-likeness (QED) is 0.604. The number of thioether (sulfide) groups is 1. The average molecular weight is 552 g/mol. The number of sulfone groups is 1. The zero-order valence-corrected chi connectivity index (χ0v) is 22.1. The second-order valence-electron chi connectivity index (χ2n) is 9.89. The first-order valence-corrected chi connectivity index (χ1v) is 14.3. The molecule has 0 aromatic heterocycles. The summed E-state index contributed by atoms with van der Waals surface area (Å²) in [7, 11) is -3.38. The maximum absolute atomic E-state index is 14.8. The summed E-state index contributed by atoms with van der Waals surface area (Å²) in [5.74, 6) is -2.81. The number of hydrogen-bond acceptors (Lipinski definition) is 6. The number of carbonyl (C=O) groups is 2. The summed E-state index contributed by atoms with van der Waals surface area (Å²) in [6.45, 7) is 5.08. The molecule has 3 atom stereocenters. The number of hydrogen-bond donors (Lipinski definition) is 1. The van der Waals surface area contributed by atoms with E-state index in [0.29, 0.717) is 6.07 Å². The first-order valence-electron chi connectivity index (χ1n) is 11.6. The van der Waals surface area contributed by atoms with Crippen LogP contribution in [0.15, 0.2) is 53.5 Å². The van der Waals surface area contributed by atoms with Crippen LogP contribution in [0.25, 0.3) is 0 Å². The van der Waals surface area contributed by atoms with E-state index in [1.54, 1.807) is 45.0 Å². The molecule has 2 heterocycles. The molecule has 0 aliphatic carbocycles. The standard InChI is InChI=1S/C25H27F2N3O5S2/c1-25(2,3)35-24(32)28-18(11-15-7-5-4-6-8-15)22(31)29-23-30(19-10-9-16(26)12-17(19)27)20-13-37(33,34)14-21(20)36-23/h4-10,12,18,20-21H,11,13-14H2,1-3H3,(H,28,32)/t18-,20-,21+/m1/s1. The van der Waals surface area contributed by atoms with Crippen LogP contribution in [0.1, 0.15) is 26.3 Å². The normalized spacial score (nSPS) is 22.5. The topological polar surface area (TPSA) is 105 Å². The minimum Gasteiger partial charge on any atom is -0.444 e. The van der Waals surface area contributed by atoms with Gasteiger partial charge in [0.05, 0.1) is 23.2 Å². The maximum Gasteiger partial charge on any atom is 0.408 e. The fourth-order valence-corrected chi connectivity index (χ4v) is 8.11. The number of amides is 2. The monoisotopic (exact) mass is 551 g/mol. The van der Waals surface area contributed by atoms with Gasteiger partial charge in [-0.2, -0.15) is 4.99 Å². The third-order valence-corrected chi connectivity index (χ3v) is 8.92. The summed E-state index contributed by atoms with van der Waals surface area (Å²) in [6.07, 6.45) is -0.683. The number of anilines is 1. The third-order valence-electron chi connectivity index (χ3n) is 5.71. The van der Waals surface area contributed by atoms with Crippen LogP contribution in [0.4, 0.5) is 19.3 Å². The van der Waals surface area contributed by atoms with E-state index in [4.69, 9.17) is 4.74 Å². The summed E-state index contributed by atoms with van der Waals surface area (Å²) in [6, 6.07) is 10.2. The highest BCUT2D eigenvalue weighted by molar-refractivity contribution is 8.16. The van der Waals surface area contributed by atoms with Crippen molar-refractivity contribution in [3.63, 3.8) is 0 Å². The predicted molar refractivity (Wildman–Crippen MR) is 138 cm³/mol. The summed E-state index contributed by atoms with van der Waals surface area (Å²) in [5.41, 5.74) is -0.109. The van der Waals surface area contributed by atoms with Crippen molar-refractivity contribution in [1.29, 1.82) is 0 Å². The molecule has 2 aliphatic heterocycles. The van der Waals surface area contributed by atoms with E-state index in [-0.39, 0.29) is 28.8 Å². The van der Waals surface area contributed by atoms with Gasteiger partial charge in [0.15, 0.2) is 15.0 Å². The molecule has 2 fully saturated rings. The lowest BCUT2D eigenvalue weighted by atomic mass is 10.1. The molecular formula is C25H27F2N3O5S2. The van der Waals surface area contributed by atoms with E-state index in [9.17, 15) is 26.8 Å². The Morgan fingerprint density at radius 1 is 1.16 bits per heavy atom. The highest BCUT2D eigenvalue weighted by atomic mass is 32.2. The van der Waals surface area contributed by atoms with E-state index in [1.165, 1.54) is 11.0 Å². The second-order valence-corrected chi connectivity index (χ2v) is 13.2. The molecule has 12 heteroatoms. The van der Waals surface area contributed by atoms with Gasteiger partial charge in [-0.1, -0.05) is 42.1 Å². The number of benzene rings is 2. The Hall–Kier alpha value is -2.99. The number of ether oxygens (including phenoxy) is 1. The van der Waals surface area contributed by atoms with Crippen LogP contribution in [0.5, 0.6) is 0 Å². The van der Waals surface area contributed by atoms with Gasteiger partial charge >= 0.3 is 6.09 Å². The van der Waals surface area contributed by atoms with E-state index in [2.05, 4.69) is 10.3 Å². The molecule has 0 spiro atoms. The van der Waals surface area contributed by atoms with Gasteiger partial charge in [0.1, 0.15) is 23.3 Å². The smallest absolute Gasteiger partial charge is 0.408 e. The van der Waals surface area contributed by atoms with Crippen molar-refractivity contribution in [1.82, 2.24) is 5.32 Å². The Morgan fingerprint density at radius 2 is 1.86 bits per heavy atom. The largest absolute Gasteiger partial charge is 0.444 e. The molecule has 0 radical (unpaired) electrons. The molecule has 2 amide bonds. The van der Waals surface area contributed by atoms with Gasteiger partial charge in [-0.3, -0.25) is 4.79 Å². The van der Waals surface area contributed by atoms with Crippen molar-refractivity contribution in [2.24, 2.45) is 4.99 Å². The molecule has 198 valence electrons. The second kappa shape index (κ2) is 10.4. The number of halogens is 2. The summed E-state index contributed by atoms with van der Waals surface area (Å²) in [4.78, 5) is 31.5. The van der Waals surface area contributed by atoms with Crippen LogP contribution < -0.4 is 10.2 Å². The first kappa shape index (κ1) is 27.1. The number of nitrogens with one attached hydrogen (secondary N) is 1. The van der Waals surface area contributed by atoms with Crippen molar-refractivity contribution >= 4 is 44.5 Å². The molecule has 0 bridgehead atoms. The van der Waals surface area contributed by atoms with Crippen LogP contribution in [-0.4, -0.2) is 60.0 Å². The van der Waals surface area contributed by atoms with Crippen molar-refractivity contribution in [3.05, 3.63) is 65.7 Å². The molecule has 37 heavy (non-hydrogen) atoms. The Kier molecular flexibility index (Phi) is 7.61. The van der Waals surface area contributed by atoms with Crippen LogP contribution in [0.3, 0.4) is 0 Å². The van der Waals surface area contributed by atoms with Crippen molar-refractivity contribution in [2.75, 3.05) is 16.4 Å². The van der Waals surface area contributed by atoms with Gasteiger partial charge < -0.3 is 15.0 Å². The zero-order valence-electron chi connectivity index (χ0n) is 20.5. The average Bonchev–Trinajstić information content (AvgIpc) is 3.24. The first-order chi connectivity index (χ1) is 17.3. The highest BCUT2D eigenvalue weighted by Crippen LogP contribution is 2.41. The van der Waals surface area contributed by atoms with Crippen LogP contribution >= 0.6 is 11.8 Å². The summed E-state index contributed by atoms with van der Waals surface area (Å²) >= 11 is 1.05. The van der Waals surface area contributed by atoms with Crippen molar-refractivity contribution in [2.45, 2.75) is 50.1 Å². The van der Waals surface area contributed by atoms with Gasteiger partial charge in [-0.05, 0) is 38.5 Å². The van der Waals surface area contributed by atoms with E-state index in [1.807, 2.05) is 6.07 Å². The molecule has 4 rings (SSSR count). The Balaban J connectivity index is 1.67. The van der Waals surface area contributed by atoms with Crippen LogP contribution in [0, 0.1) is 11.6 Å². The Bertz CT molecular complexity index is 1330. The van der Waals surface area contributed by atoms with Crippen LogP contribution in [-0.2, 0) is 25.8 Å². The van der Waals surface area contributed by atoms with E-state index >= 15 is 0 Å². The van der Waals surface area contributed by atoms with Gasteiger partial charge in [-0.25, -0.2) is 22.0 Å². The molecule has 0 unspecified atom stereocenters. The highest BCUT2D eigenvalue weighted by Gasteiger charge is 2.50. The Labute approximate surface area is 218 Å². The lowest BCUT2D eigenvalue weighted by Gasteiger charge is -2.25. The number of nitrogens with zero attached hydrogens (tertiary/aromatic N) is 2. The fraction of sp³-hybridized carbons (Fsp3) is 0.400. The number of aliphatic imine (C=N–C) groups is 1. The molecule has 2 saturated heterocycles. The molecule has 2 aromatic rings. The molecule has 8 nitrogen and oxygen atoms in total. The van der Waals surface area contributed by atoms with Gasteiger partial charge in [0, 0.05) is 17.7 Å². The van der Waals surface area contributed by atoms with E-state index < -0.39 is 56.4 Å². The minimum atomic E-state index is -3.38. The molecular weight excluding hydrogens is 524 g/mol. The third kappa shape index (κ3) is 6.67. The van der Waals surface area contributed by atoms with Crippen molar-refractivity contribution < 1.29 is 31.5 Å². The lowest BCUT2D eigenvalue weighted by molar-refractivity contribution is -0.119. The SMILES string of the molecule is CC(C)(C)OC(=O)N[C@H](Cc1ccccc1)C(=O)N=C1S[C@H]2CS(=O)(=O)C[C@H]2N1c1ccc(F)cc1F. The zero-order chi connectivity index (χ0) is 27.0. The Morgan fingerprint density at radius 3 is 2.51 bits per heavy atom.